The average molecular weight is 216 g/mol. The summed E-state index contributed by atoms with van der Waals surface area (Å²) in [5, 5.41) is 19.0. The van der Waals surface area contributed by atoms with Gasteiger partial charge in [0.05, 0.1) is 30.9 Å². The van der Waals surface area contributed by atoms with E-state index in [2.05, 4.69) is 4.98 Å². The third-order valence-electron chi connectivity index (χ3n) is 3.07. The summed E-state index contributed by atoms with van der Waals surface area (Å²) in [5.74, 6) is 0. The van der Waals surface area contributed by atoms with Crippen LogP contribution in [0.3, 0.4) is 0 Å². The first-order valence-corrected chi connectivity index (χ1v) is 5.23. The summed E-state index contributed by atoms with van der Waals surface area (Å²) in [7, 11) is 0. The van der Waals surface area contributed by atoms with E-state index in [4.69, 9.17) is 5.11 Å². The van der Waals surface area contributed by atoms with E-state index in [1.54, 1.807) is 12.5 Å². The summed E-state index contributed by atoms with van der Waals surface area (Å²) < 4.78 is 1.91. The van der Waals surface area contributed by atoms with E-state index < -0.39 is 6.10 Å². The molecule has 4 nitrogen and oxygen atoms in total. The van der Waals surface area contributed by atoms with E-state index in [0.29, 0.717) is 0 Å². The predicted molar refractivity (Wildman–Crippen MR) is 58.9 cm³/mol. The van der Waals surface area contributed by atoms with Crippen molar-refractivity contribution in [3.63, 3.8) is 0 Å². The summed E-state index contributed by atoms with van der Waals surface area (Å²) in [6.45, 7) is -0.253. The molecule has 1 aromatic heterocycles. The van der Waals surface area contributed by atoms with Gasteiger partial charge in [0.2, 0.25) is 0 Å². The third kappa shape index (κ3) is 1.14. The maximum Gasteiger partial charge on any atom is 0.102 e. The Kier molecular flexibility index (Phi) is 2.05. The lowest BCUT2D eigenvalue weighted by Crippen LogP contribution is -2.25. The van der Waals surface area contributed by atoms with Crippen LogP contribution >= 0.6 is 0 Å². The van der Waals surface area contributed by atoms with Gasteiger partial charge in [0.25, 0.3) is 0 Å². The van der Waals surface area contributed by atoms with Gasteiger partial charge in [-0.1, -0.05) is 24.3 Å². The van der Waals surface area contributed by atoms with Crippen molar-refractivity contribution in [3.05, 3.63) is 42.4 Å². The highest BCUT2D eigenvalue weighted by molar-refractivity contribution is 5.69. The minimum absolute atomic E-state index is 0.223. The molecule has 1 aliphatic rings. The van der Waals surface area contributed by atoms with Crippen LogP contribution in [-0.2, 0) is 0 Å². The monoisotopic (exact) mass is 216 g/mol. The van der Waals surface area contributed by atoms with Crippen molar-refractivity contribution in [2.24, 2.45) is 0 Å². The molecule has 82 valence electrons. The minimum atomic E-state index is -0.795. The van der Waals surface area contributed by atoms with Crippen LogP contribution in [0.15, 0.2) is 36.8 Å². The second-order valence-corrected chi connectivity index (χ2v) is 3.97. The van der Waals surface area contributed by atoms with Gasteiger partial charge in [-0.25, -0.2) is 4.98 Å². The predicted octanol–water partition coefficient (Wildman–Crippen LogP) is 0.806. The highest BCUT2D eigenvalue weighted by atomic mass is 16.3. The molecule has 1 aliphatic heterocycles. The van der Waals surface area contributed by atoms with Crippen molar-refractivity contribution in [3.8, 4) is 11.3 Å². The topological polar surface area (TPSA) is 58.3 Å². The van der Waals surface area contributed by atoms with Gasteiger partial charge in [-0.2, -0.15) is 0 Å². The van der Waals surface area contributed by atoms with Crippen LogP contribution in [0.2, 0.25) is 0 Å². The van der Waals surface area contributed by atoms with E-state index >= 15 is 0 Å². The average Bonchev–Trinajstić information content (AvgIpc) is 2.87. The lowest BCUT2D eigenvalue weighted by molar-refractivity contribution is 0.0663. The largest absolute Gasteiger partial charge is 0.394 e. The number of benzene rings is 1. The highest BCUT2D eigenvalue weighted by Crippen LogP contribution is 2.40. The zero-order valence-electron chi connectivity index (χ0n) is 8.61. The fraction of sp³-hybridized carbons (Fsp3) is 0.250. The van der Waals surface area contributed by atoms with Crippen molar-refractivity contribution in [2.75, 3.05) is 6.61 Å². The first-order valence-electron chi connectivity index (χ1n) is 5.23. The highest BCUT2D eigenvalue weighted by Gasteiger charge is 2.32. The van der Waals surface area contributed by atoms with Gasteiger partial charge in [0.1, 0.15) is 6.10 Å². The number of rotatable bonds is 2. The number of nitrogens with zero attached hydrogens (tertiary/aromatic N) is 2. The fourth-order valence-corrected chi connectivity index (χ4v) is 2.37. The van der Waals surface area contributed by atoms with E-state index in [-0.39, 0.29) is 12.6 Å². The van der Waals surface area contributed by atoms with Crippen molar-refractivity contribution < 1.29 is 10.2 Å². The Morgan fingerprint density at radius 1 is 1.38 bits per heavy atom. The fourth-order valence-electron chi connectivity index (χ4n) is 2.37. The molecule has 16 heavy (non-hydrogen) atoms. The Bertz CT molecular complexity index is 521. The standard InChI is InChI=1S/C12H12N2O2/c15-6-11(16)12-9-4-2-1-3-8(9)10-5-13-7-14(10)12/h1-5,7,11-12,15-16H,6H2/t11-,12-/m0/s1. The SMILES string of the molecule is OC[C@H](O)[C@@H]1c2ccccc2-c2cncn21. The number of hydrogen-bond acceptors (Lipinski definition) is 3. The first kappa shape index (κ1) is 9.57. The summed E-state index contributed by atoms with van der Waals surface area (Å²) in [4.78, 5) is 4.08. The van der Waals surface area contributed by atoms with E-state index in [0.717, 1.165) is 16.8 Å². The lowest BCUT2D eigenvalue weighted by Gasteiger charge is -2.19. The van der Waals surface area contributed by atoms with Crippen molar-refractivity contribution >= 4 is 0 Å². The van der Waals surface area contributed by atoms with Gasteiger partial charge in [0.15, 0.2) is 0 Å². The summed E-state index contributed by atoms with van der Waals surface area (Å²) >= 11 is 0. The van der Waals surface area contributed by atoms with Crippen LogP contribution in [0, 0.1) is 0 Å². The molecule has 0 radical (unpaired) electrons. The van der Waals surface area contributed by atoms with Gasteiger partial charge < -0.3 is 14.8 Å². The molecule has 0 amide bonds. The molecule has 2 N–H and O–H groups in total. The number of imidazole rings is 1. The van der Waals surface area contributed by atoms with Gasteiger partial charge in [-0.3, -0.25) is 0 Å². The van der Waals surface area contributed by atoms with Gasteiger partial charge in [0, 0.05) is 5.56 Å². The Morgan fingerprint density at radius 2 is 2.19 bits per heavy atom. The van der Waals surface area contributed by atoms with Crippen LogP contribution in [0.5, 0.6) is 0 Å². The molecule has 0 bridgehead atoms. The summed E-state index contributed by atoms with van der Waals surface area (Å²) in [5.41, 5.74) is 3.12. The molecule has 0 saturated heterocycles. The van der Waals surface area contributed by atoms with Crippen molar-refractivity contribution in [1.82, 2.24) is 9.55 Å². The quantitative estimate of drug-likeness (QED) is 0.781. The summed E-state index contributed by atoms with van der Waals surface area (Å²) in [6, 6.07) is 7.66. The molecular formula is C12H12N2O2. The molecule has 3 rings (SSSR count). The van der Waals surface area contributed by atoms with E-state index in [1.807, 2.05) is 28.8 Å². The van der Waals surface area contributed by atoms with E-state index in [9.17, 15) is 5.11 Å². The molecule has 2 heterocycles. The number of aliphatic hydroxyl groups excluding tert-OH is 2. The number of aliphatic hydroxyl groups is 2. The molecule has 2 atom stereocenters. The minimum Gasteiger partial charge on any atom is -0.394 e. The normalized spacial score (nSPS) is 19.2. The summed E-state index contributed by atoms with van der Waals surface area (Å²) in [6.07, 6.45) is 2.68. The number of hydrogen-bond donors (Lipinski definition) is 2. The van der Waals surface area contributed by atoms with Crippen LogP contribution in [0.25, 0.3) is 11.3 Å². The van der Waals surface area contributed by atoms with E-state index in [1.165, 1.54) is 0 Å². The van der Waals surface area contributed by atoms with Crippen LogP contribution in [0.4, 0.5) is 0 Å². The third-order valence-corrected chi connectivity index (χ3v) is 3.07. The van der Waals surface area contributed by atoms with Crippen LogP contribution in [0.1, 0.15) is 11.6 Å². The Balaban J connectivity index is 2.21. The molecule has 0 fully saturated rings. The number of fused-ring (bicyclic) bond motifs is 3. The molecular weight excluding hydrogens is 204 g/mol. The maximum absolute atomic E-state index is 9.87. The zero-order valence-corrected chi connectivity index (χ0v) is 8.61. The second kappa shape index (κ2) is 3.43. The number of aromatic nitrogens is 2. The molecule has 2 aromatic rings. The van der Waals surface area contributed by atoms with Crippen LogP contribution in [-0.4, -0.2) is 32.5 Å². The molecule has 0 aliphatic carbocycles. The second-order valence-electron chi connectivity index (χ2n) is 3.97. The Labute approximate surface area is 92.8 Å². The lowest BCUT2D eigenvalue weighted by atomic mass is 10.00. The van der Waals surface area contributed by atoms with Gasteiger partial charge >= 0.3 is 0 Å². The van der Waals surface area contributed by atoms with Crippen molar-refractivity contribution in [2.45, 2.75) is 12.1 Å². The molecule has 0 saturated carbocycles. The van der Waals surface area contributed by atoms with Gasteiger partial charge in [-0.15, -0.1) is 0 Å². The molecule has 0 spiro atoms. The Morgan fingerprint density at radius 3 is 3.00 bits per heavy atom. The molecule has 1 aromatic carbocycles. The molecule has 0 unspecified atom stereocenters. The van der Waals surface area contributed by atoms with Crippen molar-refractivity contribution in [1.29, 1.82) is 0 Å². The smallest absolute Gasteiger partial charge is 0.102 e. The van der Waals surface area contributed by atoms with Gasteiger partial charge in [-0.05, 0) is 5.56 Å². The van der Waals surface area contributed by atoms with Crippen LogP contribution < -0.4 is 0 Å². The zero-order chi connectivity index (χ0) is 11.1. The molecule has 4 heteroatoms. The first-order chi connectivity index (χ1) is 7.83. The Hall–Kier alpha value is -1.65. The maximum atomic E-state index is 9.87.